The number of rotatable bonds is 5. The van der Waals surface area contributed by atoms with Gasteiger partial charge >= 0.3 is 5.97 Å². The van der Waals surface area contributed by atoms with Gasteiger partial charge in [-0.05, 0) is 28.3 Å². The molecular formula is C13H14N4O2S. The number of nitrogens with zero attached hydrogens (tertiary/aromatic N) is 4. The summed E-state index contributed by atoms with van der Waals surface area (Å²) >= 11 is 1.62. The lowest BCUT2D eigenvalue weighted by Crippen LogP contribution is -2.14. The number of thioether (sulfide) groups is 1. The van der Waals surface area contributed by atoms with Gasteiger partial charge in [-0.25, -0.2) is 4.68 Å². The van der Waals surface area contributed by atoms with E-state index in [-0.39, 0.29) is 12.5 Å². The molecule has 0 radical (unpaired) electrons. The Bertz CT molecular complexity index is 601. The SMILES string of the molecule is COC(=O)Cn1nnnc1SC1CC1c1ccccc1. The molecule has 0 bridgehead atoms. The summed E-state index contributed by atoms with van der Waals surface area (Å²) in [5.74, 6) is 0.194. The van der Waals surface area contributed by atoms with E-state index in [1.54, 1.807) is 11.8 Å². The normalized spacial score (nSPS) is 20.6. The first-order valence-corrected chi connectivity index (χ1v) is 7.20. The molecule has 1 aromatic heterocycles. The predicted molar refractivity (Wildman–Crippen MR) is 73.3 cm³/mol. The van der Waals surface area contributed by atoms with Crippen LogP contribution in [0.1, 0.15) is 17.9 Å². The number of tetrazole rings is 1. The van der Waals surface area contributed by atoms with E-state index in [0.717, 1.165) is 6.42 Å². The van der Waals surface area contributed by atoms with Crippen LogP contribution in [0.25, 0.3) is 0 Å². The Morgan fingerprint density at radius 2 is 2.25 bits per heavy atom. The van der Waals surface area contributed by atoms with E-state index in [4.69, 9.17) is 0 Å². The summed E-state index contributed by atoms with van der Waals surface area (Å²) in [7, 11) is 1.35. The van der Waals surface area contributed by atoms with E-state index in [0.29, 0.717) is 16.3 Å². The number of hydrogen-bond acceptors (Lipinski definition) is 6. The topological polar surface area (TPSA) is 69.9 Å². The fraction of sp³-hybridized carbons (Fsp3) is 0.385. The number of methoxy groups -OCH3 is 1. The van der Waals surface area contributed by atoms with Gasteiger partial charge in [-0.3, -0.25) is 4.79 Å². The first kappa shape index (κ1) is 13.1. The molecule has 7 heteroatoms. The van der Waals surface area contributed by atoms with Gasteiger partial charge in [0.2, 0.25) is 5.16 Å². The van der Waals surface area contributed by atoms with Crippen molar-refractivity contribution in [2.75, 3.05) is 7.11 Å². The van der Waals surface area contributed by atoms with Crippen molar-refractivity contribution in [3.8, 4) is 0 Å². The van der Waals surface area contributed by atoms with Crippen molar-refractivity contribution in [3.63, 3.8) is 0 Å². The zero-order valence-electron chi connectivity index (χ0n) is 11.0. The lowest BCUT2D eigenvalue weighted by molar-refractivity contribution is -0.141. The molecule has 6 nitrogen and oxygen atoms in total. The molecule has 2 atom stereocenters. The van der Waals surface area contributed by atoms with E-state index in [9.17, 15) is 4.79 Å². The minimum atomic E-state index is -0.352. The Labute approximate surface area is 120 Å². The monoisotopic (exact) mass is 290 g/mol. The number of esters is 1. The first-order valence-electron chi connectivity index (χ1n) is 6.32. The zero-order valence-corrected chi connectivity index (χ0v) is 11.8. The molecule has 1 fully saturated rings. The van der Waals surface area contributed by atoms with Crippen molar-refractivity contribution in [1.82, 2.24) is 20.2 Å². The number of benzene rings is 1. The third kappa shape index (κ3) is 2.82. The molecule has 20 heavy (non-hydrogen) atoms. The molecule has 2 aromatic rings. The maximum Gasteiger partial charge on any atom is 0.327 e. The molecule has 1 aromatic carbocycles. The largest absolute Gasteiger partial charge is 0.468 e. The molecule has 0 aliphatic heterocycles. The van der Waals surface area contributed by atoms with Gasteiger partial charge in [-0.15, -0.1) is 5.10 Å². The van der Waals surface area contributed by atoms with Crippen LogP contribution in [-0.4, -0.2) is 38.5 Å². The number of carbonyl (C=O) groups excluding carboxylic acids is 1. The fourth-order valence-electron chi connectivity index (χ4n) is 2.06. The first-order chi connectivity index (χ1) is 9.78. The highest BCUT2D eigenvalue weighted by Crippen LogP contribution is 2.51. The van der Waals surface area contributed by atoms with E-state index in [2.05, 4.69) is 44.5 Å². The molecule has 1 saturated carbocycles. The van der Waals surface area contributed by atoms with Gasteiger partial charge in [0.25, 0.3) is 0 Å². The Balaban J connectivity index is 1.63. The Morgan fingerprint density at radius 3 is 3.00 bits per heavy atom. The van der Waals surface area contributed by atoms with E-state index in [1.807, 2.05) is 6.07 Å². The smallest absolute Gasteiger partial charge is 0.327 e. The standard InChI is InChI=1S/C13H14N4O2S/c1-19-12(18)8-17-13(14-15-16-17)20-11-7-10(11)9-5-3-2-4-6-9/h2-6,10-11H,7-8H2,1H3. The second kappa shape index (κ2) is 5.62. The van der Waals surface area contributed by atoms with Crippen molar-refractivity contribution in [3.05, 3.63) is 35.9 Å². The molecule has 2 unspecified atom stereocenters. The van der Waals surface area contributed by atoms with Crippen LogP contribution < -0.4 is 0 Å². The molecule has 0 spiro atoms. The van der Waals surface area contributed by atoms with Crippen LogP contribution in [-0.2, 0) is 16.1 Å². The van der Waals surface area contributed by atoms with Gasteiger partial charge in [0.15, 0.2) is 0 Å². The highest BCUT2D eigenvalue weighted by molar-refractivity contribution is 8.00. The molecule has 1 aliphatic rings. The summed E-state index contributed by atoms with van der Waals surface area (Å²) in [4.78, 5) is 11.3. The average molecular weight is 290 g/mol. The van der Waals surface area contributed by atoms with E-state index >= 15 is 0 Å². The molecule has 0 N–H and O–H groups in total. The van der Waals surface area contributed by atoms with Crippen LogP contribution in [0.2, 0.25) is 0 Å². The van der Waals surface area contributed by atoms with Gasteiger partial charge < -0.3 is 4.74 Å². The molecular weight excluding hydrogens is 276 g/mol. The van der Waals surface area contributed by atoms with Crippen molar-refractivity contribution < 1.29 is 9.53 Å². The van der Waals surface area contributed by atoms with E-state index in [1.165, 1.54) is 17.4 Å². The van der Waals surface area contributed by atoms with Crippen molar-refractivity contribution >= 4 is 17.7 Å². The van der Waals surface area contributed by atoms with Crippen molar-refractivity contribution in [2.24, 2.45) is 0 Å². The molecule has 0 saturated heterocycles. The maximum absolute atomic E-state index is 11.3. The van der Waals surface area contributed by atoms with Crippen LogP contribution >= 0.6 is 11.8 Å². The van der Waals surface area contributed by atoms with E-state index < -0.39 is 0 Å². The second-order valence-electron chi connectivity index (χ2n) is 4.60. The van der Waals surface area contributed by atoms with Gasteiger partial charge in [0.05, 0.1) is 7.11 Å². The summed E-state index contributed by atoms with van der Waals surface area (Å²) in [5.41, 5.74) is 1.34. The Kier molecular flexibility index (Phi) is 3.68. The number of hydrogen-bond donors (Lipinski definition) is 0. The molecule has 0 amide bonds. The molecule has 1 aliphatic carbocycles. The van der Waals surface area contributed by atoms with Crippen molar-refractivity contribution in [2.45, 2.75) is 29.3 Å². The lowest BCUT2D eigenvalue weighted by atomic mass is 10.1. The van der Waals surface area contributed by atoms with Gasteiger partial charge in [-0.2, -0.15) is 0 Å². The van der Waals surface area contributed by atoms with Crippen LogP contribution in [0, 0.1) is 0 Å². The summed E-state index contributed by atoms with van der Waals surface area (Å²) in [6.07, 6.45) is 1.11. The Hall–Kier alpha value is -1.89. The van der Waals surface area contributed by atoms with Gasteiger partial charge in [-0.1, -0.05) is 42.1 Å². The molecule has 3 rings (SSSR count). The third-order valence-corrected chi connectivity index (χ3v) is 4.55. The summed E-state index contributed by atoms with van der Waals surface area (Å²) in [6.45, 7) is 0.0502. The molecule has 104 valence electrons. The minimum Gasteiger partial charge on any atom is -0.468 e. The second-order valence-corrected chi connectivity index (χ2v) is 5.81. The minimum absolute atomic E-state index is 0.0502. The maximum atomic E-state index is 11.3. The summed E-state index contributed by atoms with van der Waals surface area (Å²) in [5, 5.41) is 12.5. The zero-order chi connectivity index (χ0) is 13.9. The van der Waals surface area contributed by atoms with Crippen LogP contribution in [0.5, 0.6) is 0 Å². The summed E-state index contributed by atoms with van der Waals surface area (Å²) in [6, 6.07) is 10.4. The number of ether oxygens (including phenoxy) is 1. The Morgan fingerprint density at radius 1 is 1.45 bits per heavy atom. The van der Waals surface area contributed by atoms with Crippen LogP contribution in [0.4, 0.5) is 0 Å². The van der Waals surface area contributed by atoms with Crippen molar-refractivity contribution in [1.29, 1.82) is 0 Å². The third-order valence-electron chi connectivity index (χ3n) is 3.22. The number of carbonyl (C=O) groups is 1. The molecule has 1 heterocycles. The quantitative estimate of drug-likeness (QED) is 0.777. The number of aromatic nitrogens is 4. The van der Waals surface area contributed by atoms with Crippen LogP contribution in [0.3, 0.4) is 0 Å². The fourth-order valence-corrected chi connectivity index (χ4v) is 3.26. The van der Waals surface area contributed by atoms with Gasteiger partial charge in [0.1, 0.15) is 6.54 Å². The predicted octanol–water partition coefficient (Wildman–Crippen LogP) is 1.49. The average Bonchev–Trinajstić information content (AvgIpc) is 3.12. The van der Waals surface area contributed by atoms with Crippen LogP contribution in [0.15, 0.2) is 35.5 Å². The highest BCUT2D eigenvalue weighted by Gasteiger charge is 2.40. The highest BCUT2D eigenvalue weighted by atomic mass is 32.2. The summed E-state index contributed by atoms with van der Waals surface area (Å²) < 4.78 is 6.11. The van der Waals surface area contributed by atoms with Gasteiger partial charge in [0, 0.05) is 5.25 Å². The lowest BCUT2D eigenvalue weighted by Gasteiger charge is -2.03.